The zero-order valence-corrected chi connectivity index (χ0v) is 13.9. The summed E-state index contributed by atoms with van der Waals surface area (Å²) < 4.78 is 2.54. The minimum absolute atomic E-state index is 0.348. The number of halogens is 1. The van der Waals surface area contributed by atoms with Crippen LogP contribution in [0.3, 0.4) is 0 Å². The molecular weight excluding hydrogens is 362 g/mol. The van der Waals surface area contributed by atoms with Crippen molar-refractivity contribution in [3.8, 4) is 5.69 Å². The standard InChI is InChI=1S/C16H16BrN3O3/c17-12-3-5-13(6-4-12)20-10-11(9-18-20)14(21)19-16(15(22)23)7-1-2-8-16/h3-6,9-10H,1-2,7-8H2,(H,19,21)(H,22,23). The molecule has 1 aromatic carbocycles. The molecule has 0 radical (unpaired) electrons. The molecule has 7 heteroatoms. The van der Waals surface area contributed by atoms with Crippen LogP contribution in [-0.4, -0.2) is 32.3 Å². The van der Waals surface area contributed by atoms with E-state index in [9.17, 15) is 14.7 Å². The molecule has 3 rings (SSSR count). The molecule has 0 aliphatic heterocycles. The van der Waals surface area contributed by atoms with Crippen LogP contribution in [0, 0.1) is 0 Å². The van der Waals surface area contributed by atoms with Gasteiger partial charge in [0.1, 0.15) is 5.54 Å². The van der Waals surface area contributed by atoms with Crippen molar-refractivity contribution in [2.45, 2.75) is 31.2 Å². The zero-order chi connectivity index (χ0) is 16.4. The molecule has 6 nitrogen and oxygen atoms in total. The highest BCUT2D eigenvalue weighted by atomic mass is 79.9. The maximum Gasteiger partial charge on any atom is 0.329 e. The topological polar surface area (TPSA) is 84.2 Å². The molecule has 120 valence electrons. The number of amides is 1. The summed E-state index contributed by atoms with van der Waals surface area (Å²) in [5.74, 6) is -1.37. The highest BCUT2D eigenvalue weighted by Crippen LogP contribution is 2.30. The summed E-state index contributed by atoms with van der Waals surface area (Å²) >= 11 is 3.37. The van der Waals surface area contributed by atoms with E-state index in [0.717, 1.165) is 23.0 Å². The van der Waals surface area contributed by atoms with Crippen molar-refractivity contribution in [1.82, 2.24) is 15.1 Å². The number of rotatable bonds is 4. The van der Waals surface area contributed by atoms with E-state index in [1.807, 2.05) is 24.3 Å². The molecule has 0 atom stereocenters. The van der Waals surface area contributed by atoms with E-state index in [0.29, 0.717) is 18.4 Å². The summed E-state index contributed by atoms with van der Waals surface area (Å²) in [5.41, 5.74) is 0.0260. The second kappa shape index (κ2) is 6.16. The van der Waals surface area contributed by atoms with Gasteiger partial charge in [-0.3, -0.25) is 4.79 Å². The van der Waals surface area contributed by atoms with Gasteiger partial charge in [0.05, 0.1) is 17.4 Å². The average molecular weight is 378 g/mol. The largest absolute Gasteiger partial charge is 0.480 e. The number of benzene rings is 1. The molecule has 23 heavy (non-hydrogen) atoms. The summed E-state index contributed by atoms with van der Waals surface area (Å²) in [4.78, 5) is 23.9. The summed E-state index contributed by atoms with van der Waals surface area (Å²) in [7, 11) is 0. The quantitative estimate of drug-likeness (QED) is 0.857. The van der Waals surface area contributed by atoms with Crippen molar-refractivity contribution in [3.05, 3.63) is 46.7 Å². The van der Waals surface area contributed by atoms with Gasteiger partial charge in [0, 0.05) is 10.7 Å². The lowest BCUT2D eigenvalue weighted by Gasteiger charge is -2.24. The molecule has 1 heterocycles. The van der Waals surface area contributed by atoms with Gasteiger partial charge in [0.2, 0.25) is 0 Å². The number of carbonyl (C=O) groups excluding carboxylic acids is 1. The van der Waals surface area contributed by atoms with Crippen molar-refractivity contribution in [3.63, 3.8) is 0 Å². The number of hydrogen-bond donors (Lipinski definition) is 2. The molecule has 1 fully saturated rings. The van der Waals surface area contributed by atoms with Crippen LogP contribution in [0.25, 0.3) is 5.69 Å². The summed E-state index contributed by atoms with van der Waals surface area (Å²) in [6, 6.07) is 7.51. The third kappa shape index (κ3) is 3.14. The van der Waals surface area contributed by atoms with Gasteiger partial charge in [-0.1, -0.05) is 28.8 Å². The van der Waals surface area contributed by atoms with Gasteiger partial charge in [-0.05, 0) is 37.1 Å². The first-order valence-corrected chi connectivity index (χ1v) is 8.16. The number of carboxylic acids is 1. The van der Waals surface area contributed by atoms with E-state index in [1.54, 1.807) is 10.9 Å². The minimum Gasteiger partial charge on any atom is -0.480 e. The monoisotopic (exact) mass is 377 g/mol. The van der Waals surface area contributed by atoms with E-state index < -0.39 is 17.4 Å². The molecule has 0 bridgehead atoms. The van der Waals surface area contributed by atoms with Gasteiger partial charge in [0.15, 0.2) is 0 Å². The molecule has 2 N–H and O–H groups in total. The SMILES string of the molecule is O=C(NC1(C(=O)O)CCCC1)c1cnn(-c2ccc(Br)cc2)c1. The Bertz CT molecular complexity index is 733. The highest BCUT2D eigenvalue weighted by molar-refractivity contribution is 9.10. The van der Waals surface area contributed by atoms with Crippen LogP contribution in [0.4, 0.5) is 0 Å². The fraction of sp³-hybridized carbons (Fsp3) is 0.312. The highest BCUT2D eigenvalue weighted by Gasteiger charge is 2.42. The van der Waals surface area contributed by atoms with E-state index in [1.165, 1.54) is 6.20 Å². The fourth-order valence-electron chi connectivity index (χ4n) is 2.84. The molecule has 2 aromatic rings. The first-order valence-electron chi connectivity index (χ1n) is 7.37. The Morgan fingerprint density at radius 1 is 1.22 bits per heavy atom. The Morgan fingerprint density at radius 2 is 1.87 bits per heavy atom. The number of aromatic nitrogens is 2. The second-order valence-electron chi connectivity index (χ2n) is 5.70. The smallest absolute Gasteiger partial charge is 0.329 e. The minimum atomic E-state index is -1.14. The van der Waals surface area contributed by atoms with Crippen LogP contribution in [-0.2, 0) is 4.79 Å². The maximum absolute atomic E-state index is 12.4. The van der Waals surface area contributed by atoms with Crippen molar-refractivity contribution in [2.24, 2.45) is 0 Å². The van der Waals surface area contributed by atoms with Gasteiger partial charge in [0.25, 0.3) is 5.91 Å². The predicted octanol–water partition coefficient (Wildman–Crippen LogP) is 2.76. The lowest BCUT2D eigenvalue weighted by atomic mass is 9.97. The molecular formula is C16H16BrN3O3. The molecule has 0 saturated heterocycles. The number of nitrogens with zero attached hydrogens (tertiary/aromatic N) is 2. The number of carboxylic acid groups (broad SMARTS) is 1. The molecule has 1 amide bonds. The number of carbonyl (C=O) groups is 2. The summed E-state index contributed by atoms with van der Waals surface area (Å²) in [6.07, 6.45) is 5.60. The second-order valence-corrected chi connectivity index (χ2v) is 6.61. The van der Waals surface area contributed by atoms with Gasteiger partial charge < -0.3 is 10.4 Å². The van der Waals surface area contributed by atoms with Crippen LogP contribution in [0.1, 0.15) is 36.0 Å². The van der Waals surface area contributed by atoms with Crippen molar-refractivity contribution >= 4 is 27.8 Å². The molecule has 0 spiro atoms. The summed E-state index contributed by atoms with van der Waals surface area (Å²) in [5, 5.41) is 16.3. The third-order valence-electron chi connectivity index (χ3n) is 4.16. The van der Waals surface area contributed by atoms with Gasteiger partial charge in [-0.15, -0.1) is 0 Å². The molecule has 1 aromatic heterocycles. The first-order chi connectivity index (χ1) is 11.0. The van der Waals surface area contributed by atoms with Crippen LogP contribution in [0.15, 0.2) is 41.1 Å². The number of hydrogen-bond acceptors (Lipinski definition) is 3. The Balaban J connectivity index is 1.78. The van der Waals surface area contributed by atoms with Crippen LogP contribution >= 0.6 is 15.9 Å². The van der Waals surface area contributed by atoms with Crippen molar-refractivity contribution in [2.75, 3.05) is 0 Å². The molecule has 1 aliphatic carbocycles. The third-order valence-corrected chi connectivity index (χ3v) is 4.68. The van der Waals surface area contributed by atoms with E-state index >= 15 is 0 Å². The van der Waals surface area contributed by atoms with Crippen LogP contribution < -0.4 is 5.32 Å². The fourth-order valence-corrected chi connectivity index (χ4v) is 3.10. The van der Waals surface area contributed by atoms with Gasteiger partial charge >= 0.3 is 5.97 Å². The van der Waals surface area contributed by atoms with Crippen molar-refractivity contribution < 1.29 is 14.7 Å². The molecule has 1 aliphatic rings. The predicted molar refractivity (Wildman–Crippen MR) is 87.6 cm³/mol. The van der Waals surface area contributed by atoms with E-state index in [4.69, 9.17) is 0 Å². The van der Waals surface area contributed by atoms with Crippen molar-refractivity contribution in [1.29, 1.82) is 0 Å². The summed E-state index contributed by atoms with van der Waals surface area (Å²) in [6.45, 7) is 0. The number of nitrogens with one attached hydrogen (secondary N) is 1. The zero-order valence-electron chi connectivity index (χ0n) is 12.3. The Hall–Kier alpha value is -2.15. The average Bonchev–Trinajstić information content (AvgIpc) is 3.17. The molecule has 0 unspecified atom stereocenters. The Morgan fingerprint density at radius 3 is 2.48 bits per heavy atom. The van der Waals surface area contributed by atoms with Crippen LogP contribution in [0.2, 0.25) is 0 Å². The van der Waals surface area contributed by atoms with Gasteiger partial charge in [-0.25, -0.2) is 9.48 Å². The lowest BCUT2D eigenvalue weighted by molar-refractivity contribution is -0.144. The Kier molecular flexibility index (Phi) is 4.21. The first kappa shape index (κ1) is 15.7. The van der Waals surface area contributed by atoms with E-state index in [-0.39, 0.29) is 0 Å². The number of aliphatic carboxylic acids is 1. The normalized spacial score (nSPS) is 16.2. The lowest BCUT2D eigenvalue weighted by Crippen LogP contribution is -2.52. The van der Waals surface area contributed by atoms with Crippen LogP contribution in [0.5, 0.6) is 0 Å². The van der Waals surface area contributed by atoms with E-state index in [2.05, 4.69) is 26.3 Å². The van der Waals surface area contributed by atoms with Gasteiger partial charge in [-0.2, -0.15) is 5.10 Å². The molecule has 1 saturated carbocycles. The maximum atomic E-state index is 12.4. The Labute approximate surface area is 141 Å².